The molecular formula is C34H32N2O5. The molecule has 1 aliphatic heterocycles. The zero-order valence-corrected chi connectivity index (χ0v) is 22.8. The standard InChI is InChI=1S/C34H32N2O5/c1-39-27-17-15-26(16-18-27)36-32(40-28-8-4-2-5-9-28)23-35(34(36)41-29-10-6-3-7-11-29)31-20-14-25-22-24(12-19-30(25)31)13-21-33(37)38/h2-13,15-19,21-22,31-32,34H,14,20,23H2,1H3,(H,37,38)/b21-13+. The topological polar surface area (TPSA) is 71.5 Å². The first-order valence-electron chi connectivity index (χ1n) is 13.7. The van der Waals surface area contributed by atoms with Crippen molar-refractivity contribution in [1.82, 2.24) is 4.90 Å². The number of carboxylic acid groups (broad SMARTS) is 1. The van der Waals surface area contributed by atoms with Crippen molar-refractivity contribution in [3.63, 3.8) is 0 Å². The van der Waals surface area contributed by atoms with Gasteiger partial charge in [-0.2, -0.15) is 0 Å². The van der Waals surface area contributed by atoms with Crippen LogP contribution in [0.15, 0.2) is 109 Å². The number of benzene rings is 4. The number of methoxy groups -OCH3 is 1. The van der Waals surface area contributed by atoms with Gasteiger partial charge in [-0.1, -0.05) is 54.6 Å². The quantitative estimate of drug-likeness (QED) is 0.244. The monoisotopic (exact) mass is 548 g/mol. The molecule has 0 radical (unpaired) electrons. The number of aryl methyl sites for hydroxylation is 1. The van der Waals surface area contributed by atoms with Gasteiger partial charge in [-0.25, -0.2) is 9.69 Å². The summed E-state index contributed by atoms with van der Waals surface area (Å²) in [6.45, 7) is 0.614. The van der Waals surface area contributed by atoms with Gasteiger partial charge in [0, 0.05) is 17.8 Å². The van der Waals surface area contributed by atoms with Gasteiger partial charge in [-0.05, 0) is 84.1 Å². The molecular weight excluding hydrogens is 516 g/mol. The van der Waals surface area contributed by atoms with E-state index in [9.17, 15) is 4.79 Å². The normalized spacial score (nSPS) is 20.2. The number of aliphatic carboxylic acids is 1. The molecule has 7 heteroatoms. The van der Waals surface area contributed by atoms with Crippen LogP contribution in [0, 0.1) is 0 Å². The maximum Gasteiger partial charge on any atom is 0.328 e. The minimum atomic E-state index is -0.954. The van der Waals surface area contributed by atoms with Crippen molar-refractivity contribution in [1.29, 1.82) is 0 Å². The van der Waals surface area contributed by atoms with Gasteiger partial charge < -0.3 is 19.3 Å². The molecule has 0 bridgehead atoms. The molecule has 6 rings (SSSR count). The van der Waals surface area contributed by atoms with Crippen LogP contribution in [0.2, 0.25) is 0 Å². The van der Waals surface area contributed by atoms with Gasteiger partial charge in [0.2, 0.25) is 6.35 Å². The Balaban J connectivity index is 1.39. The lowest BCUT2D eigenvalue weighted by atomic mass is 10.0. The minimum absolute atomic E-state index is 0.0985. The molecule has 1 fully saturated rings. The third-order valence-corrected chi connectivity index (χ3v) is 7.60. The third-order valence-electron chi connectivity index (χ3n) is 7.60. The fourth-order valence-corrected chi connectivity index (χ4v) is 5.72. The number of carboxylic acids is 1. The van der Waals surface area contributed by atoms with Gasteiger partial charge in [0.05, 0.1) is 13.7 Å². The van der Waals surface area contributed by atoms with Crippen molar-refractivity contribution in [2.45, 2.75) is 31.5 Å². The largest absolute Gasteiger partial charge is 0.497 e. The van der Waals surface area contributed by atoms with Crippen LogP contribution < -0.4 is 19.1 Å². The molecule has 7 nitrogen and oxygen atoms in total. The predicted octanol–water partition coefficient (Wildman–Crippen LogP) is 6.37. The van der Waals surface area contributed by atoms with E-state index in [1.165, 1.54) is 17.2 Å². The van der Waals surface area contributed by atoms with Gasteiger partial charge in [0.25, 0.3) is 0 Å². The average molecular weight is 549 g/mol. The van der Waals surface area contributed by atoms with Gasteiger partial charge >= 0.3 is 5.97 Å². The maximum absolute atomic E-state index is 11.0. The van der Waals surface area contributed by atoms with Crippen LogP contribution in [0.1, 0.15) is 29.2 Å². The van der Waals surface area contributed by atoms with E-state index in [0.29, 0.717) is 6.54 Å². The molecule has 1 aliphatic carbocycles. The zero-order valence-electron chi connectivity index (χ0n) is 22.8. The highest BCUT2D eigenvalue weighted by molar-refractivity contribution is 5.85. The summed E-state index contributed by atoms with van der Waals surface area (Å²) in [6, 6.07) is 34.0. The molecule has 0 aromatic heterocycles. The number of carbonyl (C=O) groups is 1. The van der Waals surface area contributed by atoms with Crippen molar-refractivity contribution in [2.75, 3.05) is 18.6 Å². The fourth-order valence-electron chi connectivity index (χ4n) is 5.72. The summed E-state index contributed by atoms with van der Waals surface area (Å²) < 4.78 is 18.8. The molecule has 1 N–H and O–H groups in total. The Labute approximate surface area is 239 Å². The third kappa shape index (κ3) is 5.76. The second-order valence-corrected chi connectivity index (χ2v) is 10.1. The second kappa shape index (κ2) is 11.8. The van der Waals surface area contributed by atoms with Gasteiger partial charge in [0.1, 0.15) is 17.2 Å². The molecule has 1 saturated heterocycles. The highest BCUT2D eigenvalue weighted by Gasteiger charge is 2.47. The maximum atomic E-state index is 11.0. The Bertz CT molecular complexity index is 1510. The Kier molecular flexibility index (Phi) is 7.60. The lowest BCUT2D eigenvalue weighted by Crippen LogP contribution is -2.47. The number of nitrogens with zero attached hydrogens (tertiary/aromatic N) is 2. The molecule has 41 heavy (non-hydrogen) atoms. The smallest absolute Gasteiger partial charge is 0.328 e. The molecule has 3 atom stereocenters. The van der Waals surface area contributed by atoms with Crippen LogP contribution in [0.4, 0.5) is 5.69 Å². The van der Waals surface area contributed by atoms with E-state index in [2.05, 4.69) is 21.9 Å². The zero-order chi connectivity index (χ0) is 28.2. The fraction of sp³-hybridized carbons (Fsp3) is 0.206. The Morgan fingerprint density at radius 2 is 1.54 bits per heavy atom. The predicted molar refractivity (Wildman–Crippen MR) is 158 cm³/mol. The molecule has 1 heterocycles. The molecule has 4 aromatic carbocycles. The summed E-state index contributed by atoms with van der Waals surface area (Å²) >= 11 is 0. The Hall–Kier alpha value is -4.75. The van der Waals surface area contributed by atoms with Crippen LogP contribution in [0.3, 0.4) is 0 Å². The van der Waals surface area contributed by atoms with Gasteiger partial charge in [0.15, 0.2) is 6.23 Å². The first kappa shape index (κ1) is 26.5. The molecule has 4 aromatic rings. The molecule has 0 saturated carbocycles. The van der Waals surface area contributed by atoms with E-state index in [0.717, 1.165) is 41.3 Å². The van der Waals surface area contributed by atoms with Crippen LogP contribution in [0.5, 0.6) is 17.2 Å². The Morgan fingerprint density at radius 1 is 0.854 bits per heavy atom. The average Bonchev–Trinajstić information content (AvgIpc) is 3.57. The highest BCUT2D eigenvalue weighted by atomic mass is 16.6. The van der Waals surface area contributed by atoms with Crippen molar-refractivity contribution < 1.29 is 24.1 Å². The van der Waals surface area contributed by atoms with Crippen LogP contribution in [0.25, 0.3) is 6.08 Å². The molecule has 0 spiro atoms. The lowest BCUT2D eigenvalue weighted by molar-refractivity contribution is -0.131. The number of ether oxygens (including phenoxy) is 3. The first-order chi connectivity index (χ1) is 20.1. The minimum Gasteiger partial charge on any atom is -0.497 e. The van der Waals surface area contributed by atoms with E-state index in [1.807, 2.05) is 91.0 Å². The number of hydrogen-bond acceptors (Lipinski definition) is 6. The SMILES string of the molecule is COc1ccc(N2C(Oc3ccccc3)CN(C3CCc4cc(/C=C/C(=O)O)ccc43)C2Oc2ccccc2)cc1. The second-order valence-electron chi connectivity index (χ2n) is 10.1. The van der Waals surface area contributed by atoms with Crippen molar-refractivity contribution in [3.8, 4) is 17.2 Å². The summed E-state index contributed by atoms with van der Waals surface area (Å²) in [5, 5.41) is 9.05. The molecule has 208 valence electrons. The number of hydrogen-bond donors (Lipinski definition) is 1. The summed E-state index contributed by atoms with van der Waals surface area (Å²) in [6.07, 6.45) is 3.88. The molecule has 0 amide bonds. The number of fused-ring (bicyclic) bond motifs is 1. The van der Waals surface area contributed by atoms with E-state index >= 15 is 0 Å². The molecule has 3 unspecified atom stereocenters. The van der Waals surface area contributed by atoms with Gasteiger partial charge in [-0.3, -0.25) is 4.90 Å². The highest BCUT2D eigenvalue weighted by Crippen LogP contribution is 2.43. The number of para-hydroxylation sites is 2. The van der Waals surface area contributed by atoms with Crippen LogP contribution in [-0.2, 0) is 11.2 Å². The summed E-state index contributed by atoms with van der Waals surface area (Å²) in [5.41, 5.74) is 4.30. The lowest BCUT2D eigenvalue weighted by Gasteiger charge is -2.35. The van der Waals surface area contributed by atoms with E-state index in [1.54, 1.807) is 13.2 Å². The summed E-state index contributed by atoms with van der Waals surface area (Å²) in [5.74, 6) is 1.39. The summed E-state index contributed by atoms with van der Waals surface area (Å²) in [4.78, 5) is 15.6. The Morgan fingerprint density at radius 3 is 2.20 bits per heavy atom. The van der Waals surface area contributed by atoms with Gasteiger partial charge in [-0.15, -0.1) is 0 Å². The van der Waals surface area contributed by atoms with E-state index in [4.69, 9.17) is 19.3 Å². The van der Waals surface area contributed by atoms with Crippen molar-refractivity contribution in [2.24, 2.45) is 0 Å². The van der Waals surface area contributed by atoms with Crippen LogP contribution >= 0.6 is 0 Å². The van der Waals surface area contributed by atoms with Crippen molar-refractivity contribution in [3.05, 3.63) is 126 Å². The number of anilines is 1. The number of rotatable bonds is 9. The van der Waals surface area contributed by atoms with E-state index < -0.39 is 12.3 Å². The summed E-state index contributed by atoms with van der Waals surface area (Å²) in [7, 11) is 1.66. The molecule has 2 aliphatic rings. The van der Waals surface area contributed by atoms with Crippen LogP contribution in [-0.4, -0.2) is 42.2 Å². The van der Waals surface area contributed by atoms with Crippen molar-refractivity contribution >= 4 is 17.7 Å². The first-order valence-corrected chi connectivity index (χ1v) is 13.7. The van der Waals surface area contributed by atoms with E-state index in [-0.39, 0.29) is 12.3 Å².